The molecule has 1 fully saturated rings. The normalized spacial score (nSPS) is 30.3. The molecule has 1 aromatic heterocycles. The molecule has 1 saturated carbocycles. The number of rotatable bonds is 2. The van der Waals surface area contributed by atoms with Crippen molar-refractivity contribution >= 4 is 0 Å². The standard InChI is InChI=1S/C13H19NO/c1-9(2)11-6-13(15,7-11)12-5-4-10(3)14-8-12/h4-5,8-9,11,15H,6-7H2,1-3H3. The van der Waals surface area contributed by atoms with Crippen molar-refractivity contribution in [3.05, 3.63) is 29.6 Å². The number of aliphatic hydroxyl groups is 1. The molecule has 0 saturated heterocycles. The number of pyridine rings is 1. The summed E-state index contributed by atoms with van der Waals surface area (Å²) in [6.45, 7) is 6.40. The lowest BCUT2D eigenvalue weighted by Crippen LogP contribution is -2.43. The lowest BCUT2D eigenvalue weighted by molar-refractivity contribution is -0.0936. The van der Waals surface area contributed by atoms with Crippen LogP contribution in [0.3, 0.4) is 0 Å². The van der Waals surface area contributed by atoms with Gasteiger partial charge in [0.05, 0.1) is 5.60 Å². The zero-order valence-corrected chi connectivity index (χ0v) is 9.70. The first kappa shape index (κ1) is 10.6. The Balaban J connectivity index is 2.10. The third-order valence-electron chi connectivity index (χ3n) is 3.59. The summed E-state index contributed by atoms with van der Waals surface area (Å²) in [5, 5.41) is 10.4. The fraction of sp³-hybridized carbons (Fsp3) is 0.615. The van der Waals surface area contributed by atoms with E-state index < -0.39 is 5.60 Å². The molecular formula is C13H19NO. The van der Waals surface area contributed by atoms with Crippen LogP contribution in [0.4, 0.5) is 0 Å². The molecule has 0 radical (unpaired) electrons. The van der Waals surface area contributed by atoms with Gasteiger partial charge in [0, 0.05) is 17.5 Å². The third-order valence-corrected chi connectivity index (χ3v) is 3.59. The highest BCUT2D eigenvalue weighted by Crippen LogP contribution is 2.48. The summed E-state index contributed by atoms with van der Waals surface area (Å²) >= 11 is 0. The Kier molecular flexibility index (Phi) is 2.55. The number of nitrogens with zero attached hydrogens (tertiary/aromatic N) is 1. The highest BCUT2D eigenvalue weighted by molar-refractivity contribution is 5.23. The van der Waals surface area contributed by atoms with Crippen LogP contribution < -0.4 is 0 Å². The minimum Gasteiger partial charge on any atom is -0.385 e. The molecule has 0 aliphatic heterocycles. The maximum absolute atomic E-state index is 10.4. The van der Waals surface area contributed by atoms with Crippen molar-refractivity contribution in [2.75, 3.05) is 0 Å². The van der Waals surface area contributed by atoms with E-state index in [4.69, 9.17) is 0 Å². The predicted molar refractivity (Wildman–Crippen MR) is 60.4 cm³/mol. The fourth-order valence-corrected chi connectivity index (χ4v) is 2.26. The molecule has 1 aliphatic carbocycles. The average molecular weight is 205 g/mol. The van der Waals surface area contributed by atoms with Crippen LogP contribution in [-0.4, -0.2) is 10.1 Å². The largest absolute Gasteiger partial charge is 0.385 e. The van der Waals surface area contributed by atoms with Gasteiger partial charge < -0.3 is 5.11 Å². The van der Waals surface area contributed by atoms with E-state index in [1.165, 1.54) is 0 Å². The summed E-state index contributed by atoms with van der Waals surface area (Å²) in [6.07, 6.45) is 3.58. The van der Waals surface area contributed by atoms with E-state index in [9.17, 15) is 5.11 Å². The molecule has 0 unspecified atom stereocenters. The van der Waals surface area contributed by atoms with Crippen molar-refractivity contribution in [3.8, 4) is 0 Å². The SMILES string of the molecule is Cc1ccc(C2(O)CC(C(C)C)C2)cn1. The van der Waals surface area contributed by atoms with Gasteiger partial charge in [-0.1, -0.05) is 19.9 Å². The Morgan fingerprint density at radius 3 is 2.53 bits per heavy atom. The van der Waals surface area contributed by atoms with Crippen molar-refractivity contribution < 1.29 is 5.11 Å². The smallest absolute Gasteiger partial charge is 0.0916 e. The van der Waals surface area contributed by atoms with Crippen molar-refractivity contribution in [2.24, 2.45) is 11.8 Å². The van der Waals surface area contributed by atoms with Gasteiger partial charge in [0.25, 0.3) is 0 Å². The van der Waals surface area contributed by atoms with Crippen molar-refractivity contribution in [1.82, 2.24) is 4.98 Å². The van der Waals surface area contributed by atoms with Crippen LogP contribution in [0.15, 0.2) is 18.3 Å². The van der Waals surface area contributed by atoms with Gasteiger partial charge in [-0.2, -0.15) is 0 Å². The summed E-state index contributed by atoms with van der Waals surface area (Å²) in [5.41, 5.74) is 1.38. The van der Waals surface area contributed by atoms with Crippen LogP contribution in [0.25, 0.3) is 0 Å². The van der Waals surface area contributed by atoms with Gasteiger partial charge in [-0.25, -0.2) is 0 Å². The molecule has 0 amide bonds. The quantitative estimate of drug-likeness (QED) is 0.805. The van der Waals surface area contributed by atoms with Gasteiger partial charge in [0.15, 0.2) is 0 Å². The monoisotopic (exact) mass is 205 g/mol. The molecule has 2 nitrogen and oxygen atoms in total. The van der Waals surface area contributed by atoms with E-state index >= 15 is 0 Å². The summed E-state index contributed by atoms with van der Waals surface area (Å²) in [7, 11) is 0. The van der Waals surface area contributed by atoms with Gasteiger partial charge in [-0.15, -0.1) is 0 Å². The van der Waals surface area contributed by atoms with Crippen LogP contribution in [0.1, 0.15) is 37.9 Å². The minimum absolute atomic E-state index is 0.602. The zero-order chi connectivity index (χ0) is 11.1. The van der Waals surface area contributed by atoms with Gasteiger partial charge in [0.2, 0.25) is 0 Å². The predicted octanol–water partition coefficient (Wildman–Crippen LogP) is 2.64. The van der Waals surface area contributed by atoms with E-state index in [-0.39, 0.29) is 0 Å². The molecule has 82 valence electrons. The molecule has 1 N–H and O–H groups in total. The molecule has 0 bridgehead atoms. The van der Waals surface area contributed by atoms with Crippen LogP contribution in [-0.2, 0) is 5.60 Å². The lowest BCUT2D eigenvalue weighted by atomic mass is 9.64. The third kappa shape index (κ3) is 1.91. The average Bonchev–Trinajstić information content (AvgIpc) is 2.13. The minimum atomic E-state index is -0.602. The molecule has 1 aliphatic rings. The topological polar surface area (TPSA) is 33.1 Å². The Hall–Kier alpha value is -0.890. The molecular weight excluding hydrogens is 186 g/mol. The van der Waals surface area contributed by atoms with Crippen LogP contribution in [0, 0.1) is 18.8 Å². The van der Waals surface area contributed by atoms with E-state index in [2.05, 4.69) is 18.8 Å². The molecule has 2 heteroatoms. The van der Waals surface area contributed by atoms with Gasteiger partial charge >= 0.3 is 0 Å². The number of hydrogen-bond acceptors (Lipinski definition) is 2. The lowest BCUT2D eigenvalue weighted by Gasteiger charge is -2.46. The molecule has 1 heterocycles. The second-order valence-electron chi connectivity index (χ2n) is 5.13. The highest BCUT2D eigenvalue weighted by Gasteiger charge is 2.44. The first-order valence-corrected chi connectivity index (χ1v) is 5.67. The summed E-state index contributed by atoms with van der Waals surface area (Å²) in [4.78, 5) is 4.24. The number of aryl methyl sites for hydroxylation is 1. The van der Waals surface area contributed by atoms with Crippen LogP contribution in [0.5, 0.6) is 0 Å². The Bertz CT molecular complexity index is 336. The maximum atomic E-state index is 10.4. The van der Waals surface area contributed by atoms with Gasteiger partial charge in [0.1, 0.15) is 0 Å². The summed E-state index contributed by atoms with van der Waals surface area (Å²) < 4.78 is 0. The molecule has 0 atom stereocenters. The zero-order valence-electron chi connectivity index (χ0n) is 9.70. The van der Waals surface area contributed by atoms with E-state index in [1.54, 1.807) is 0 Å². The van der Waals surface area contributed by atoms with Crippen molar-refractivity contribution in [3.63, 3.8) is 0 Å². The van der Waals surface area contributed by atoms with Crippen LogP contribution in [0.2, 0.25) is 0 Å². The van der Waals surface area contributed by atoms with E-state index in [0.717, 1.165) is 24.1 Å². The maximum Gasteiger partial charge on any atom is 0.0916 e. The first-order chi connectivity index (χ1) is 7.01. The molecule has 1 aromatic rings. The number of hydrogen-bond donors (Lipinski definition) is 1. The summed E-state index contributed by atoms with van der Waals surface area (Å²) in [5.74, 6) is 1.33. The molecule has 0 spiro atoms. The summed E-state index contributed by atoms with van der Waals surface area (Å²) in [6, 6.07) is 3.97. The second-order valence-corrected chi connectivity index (χ2v) is 5.13. The Labute approximate surface area is 91.4 Å². The molecule has 2 rings (SSSR count). The second kappa shape index (κ2) is 3.60. The first-order valence-electron chi connectivity index (χ1n) is 5.67. The van der Waals surface area contributed by atoms with Crippen molar-refractivity contribution in [1.29, 1.82) is 0 Å². The van der Waals surface area contributed by atoms with Crippen molar-refractivity contribution in [2.45, 2.75) is 39.2 Å². The number of aromatic nitrogens is 1. The molecule has 0 aromatic carbocycles. The van der Waals surface area contributed by atoms with Crippen LogP contribution >= 0.6 is 0 Å². The van der Waals surface area contributed by atoms with Gasteiger partial charge in [-0.3, -0.25) is 4.98 Å². The molecule has 15 heavy (non-hydrogen) atoms. The Morgan fingerprint density at radius 2 is 2.07 bits per heavy atom. The fourth-order valence-electron chi connectivity index (χ4n) is 2.26. The highest BCUT2D eigenvalue weighted by atomic mass is 16.3. The van der Waals surface area contributed by atoms with Gasteiger partial charge in [-0.05, 0) is 37.7 Å². The van der Waals surface area contributed by atoms with E-state index in [0.29, 0.717) is 11.8 Å². The van der Waals surface area contributed by atoms with E-state index in [1.807, 2.05) is 25.3 Å². The Morgan fingerprint density at radius 1 is 1.40 bits per heavy atom.